The Morgan fingerprint density at radius 3 is 2.75 bits per heavy atom. The van der Waals surface area contributed by atoms with E-state index >= 15 is 0 Å². The summed E-state index contributed by atoms with van der Waals surface area (Å²) in [5, 5.41) is 8.90. The van der Waals surface area contributed by atoms with E-state index in [-0.39, 0.29) is 24.5 Å². The molecular weight excluding hydrogens is 281 g/mol. The summed E-state index contributed by atoms with van der Waals surface area (Å²) in [6.45, 7) is 0.0231. The third-order valence-corrected chi connectivity index (χ3v) is 3.20. The molecule has 3 rings (SSSR count). The van der Waals surface area contributed by atoms with Gasteiger partial charge in [-0.1, -0.05) is 0 Å². The van der Waals surface area contributed by atoms with Gasteiger partial charge >= 0.3 is 12.1 Å². The molecule has 0 bridgehead atoms. The lowest BCUT2D eigenvalue weighted by atomic mass is 9.94. The smallest absolute Gasteiger partial charge is 0.429 e. The van der Waals surface area contributed by atoms with Gasteiger partial charge in [0.1, 0.15) is 17.6 Å². The van der Waals surface area contributed by atoms with Gasteiger partial charge in [0.25, 0.3) is 0 Å². The number of ether oxygens (including phenoxy) is 3. The highest BCUT2D eigenvalue weighted by atomic mass is 19.4. The molecule has 0 radical (unpaired) electrons. The van der Waals surface area contributed by atoms with E-state index in [9.17, 15) is 18.0 Å². The molecule has 1 saturated heterocycles. The van der Waals surface area contributed by atoms with Crippen molar-refractivity contribution < 1.29 is 37.3 Å². The number of allylic oxidation sites excluding steroid dienone is 3. The Labute approximate surface area is 110 Å². The van der Waals surface area contributed by atoms with Gasteiger partial charge in [0, 0.05) is 12.0 Å². The molecule has 0 aromatic carbocycles. The monoisotopic (exact) mass is 290 g/mol. The Morgan fingerprint density at radius 1 is 1.35 bits per heavy atom. The second-order valence-electron chi connectivity index (χ2n) is 4.49. The van der Waals surface area contributed by atoms with Crippen molar-refractivity contribution in [2.24, 2.45) is 0 Å². The van der Waals surface area contributed by atoms with Crippen LogP contribution in [0.1, 0.15) is 6.42 Å². The topological polar surface area (TPSA) is 65.0 Å². The fourth-order valence-corrected chi connectivity index (χ4v) is 2.28. The number of aliphatic carboxylic acids is 1. The minimum Gasteiger partial charge on any atom is -0.479 e. The minimum atomic E-state index is -4.79. The second-order valence-corrected chi connectivity index (χ2v) is 4.49. The Bertz CT molecular complexity index is 558. The number of halogens is 3. The molecule has 2 unspecified atom stereocenters. The Hall–Kier alpha value is -1.96. The van der Waals surface area contributed by atoms with E-state index in [1.165, 1.54) is 6.08 Å². The summed E-state index contributed by atoms with van der Waals surface area (Å²) in [5.41, 5.74) is -0.565. The zero-order chi connectivity index (χ0) is 14.5. The Morgan fingerprint density at radius 2 is 2.10 bits per heavy atom. The molecular formula is C12H9F3O5. The number of carboxylic acids is 1. The van der Waals surface area contributed by atoms with Gasteiger partial charge in [-0.15, -0.1) is 0 Å². The maximum atomic E-state index is 12.9. The van der Waals surface area contributed by atoms with Crippen LogP contribution >= 0.6 is 0 Å². The third kappa shape index (κ3) is 2.05. The second kappa shape index (κ2) is 4.27. The molecule has 20 heavy (non-hydrogen) atoms. The van der Waals surface area contributed by atoms with Crippen molar-refractivity contribution in [1.29, 1.82) is 0 Å². The first-order valence-corrected chi connectivity index (χ1v) is 5.73. The molecule has 2 aliphatic heterocycles. The van der Waals surface area contributed by atoms with Crippen molar-refractivity contribution in [3.63, 3.8) is 0 Å². The van der Waals surface area contributed by atoms with Crippen LogP contribution in [0.5, 0.6) is 0 Å². The number of alkyl halides is 3. The number of hydrogen-bond acceptors (Lipinski definition) is 4. The molecule has 2 heterocycles. The first-order valence-electron chi connectivity index (χ1n) is 5.73. The van der Waals surface area contributed by atoms with E-state index in [1.807, 2.05) is 0 Å². The number of hydrogen-bond donors (Lipinski definition) is 1. The average molecular weight is 290 g/mol. The first kappa shape index (κ1) is 13.0. The summed E-state index contributed by atoms with van der Waals surface area (Å²) < 4.78 is 53.8. The fourth-order valence-electron chi connectivity index (χ4n) is 2.28. The van der Waals surface area contributed by atoms with Crippen molar-refractivity contribution in [1.82, 2.24) is 0 Å². The van der Waals surface area contributed by atoms with E-state index in [2.05, 4.69) is 0 Å². The SMILES string of the molecule is O=C(O)C1=CC2=C(CC3OCOC3=C2)OC1C(F)(F)F. The third-order valence-electron chi connectivity index (χ3n) is 3.20. The highest BCUT2D eigenvalue weighted by Gasteiger charge is 2.49. The highest BCUT2D eigenvalue weighted by Crippen LogP contribution is 2.40. The number of carbonyl (C=O) groups is 1. The van der Waals surface area contributed by atoms with Gasteiger partial charge in [-0.25, -0.2) is 4.79 Å². The number of carboxylic acid groups (broad SMARTS) is 1. The van der Waals surface area contributed by atoms with Crippen molar-refractivity contribution in [2.45, 2.75) is 24.8 Å². The van der Waals surface area contributed by atoms with Crippen LogP contribution in [0.15, 0.2) is 34.8 Å². The van der Waals surface area contributed by atoms with Gasteiger partial charge in [0.2, 0.25) is 6.10 Å². The van der Waals surface area contributed by atoms with Crippen LogP contribution < -0.4 is 0 Å². The van der Waals surface area contributed by atoms with Crippen LogP contribution in [0.25, 0.3) is 0 Å². The molecule has 0 saturated carbocycles. The van der Waals surface area contributed by atoms with Gasteiger partial charge in [-0.2, -0.15) is 13.2 Å². The normalized spacial score (nSPS) is 28.8. The molecule has 0 amide bonds. The van der Waals surface area contributed by atoms with Gasteiger partial charge in [0.05, 0.1) is 5.57 Å². The molecule has 1 aliphatic carbocycles. The predicted octanol–water partition coefficient (Wildman–Crippen LogP) is 1.87. The molecule has 108 valence electrons. The average Bonchev–Trinajstić information content (AvgIpc) is 2.80. The Balaban J connectivity index is 1.99. The van der Waals surface area contributed by atoms with E-state index < -0.39 is 29.9 Å². The fraction of sp³-hybridized carbons (Fsp3) is 0.417. The quantitative estimate of drug-likeness (QED) is 0.798. The molecule has 0 aromatic heterocycles. The Kier molecular flexibility index (Phi) is 2.79. The van der Waals surface area contributed by atoms with Crippen molar-refractivity contribution in [3.8, 4) is 0 Å². The van der Waals surface area contributed by atoms with Crippen molar-refractivity contribution >= 4 is 5.97 Å². The van der Waals surface area contributed by atoms with Crippen molar-refractivity contribution in [2.75, 3.05) is 6.79 Å². The zero-order valence-electron chi connectivity index (χ0n) is 9.94. The summed E-state index contributed by atoms with van der Waals surface area (Å²) in [5.74, 6) is -1.13. The van der Waals surface area contributed by atoms with Crippen LogP contribution in [0, 0.1) is 0 Å². The molecule has 0 spiro atoms. The van der Waals surface area contributed by atoms with Crippen LogP contribution in [-0.4, -0.2) is 36.3 Å². The van der Waals surface area contributed by atoms with E-state index in [4.69, 9.17) is 19.3 Å². The summed E-state index contributed by atoms with van der Waals surface area (Å²) in [6.07, 6.45) is -5.20. The number of rotatable bonds is 1. The standard InChI is InChI=1S/C12H9F3O5/c13-12(14,15)10-6(11(16)17)1-5-2-8-9(19-4-18-8)3-7(5)20-10/h1-2,9-10H,3-4H2,(H,16,17). The van der Waals surface area contributed by atoms with Gasteiger partial charge in [0.15, 0.2) is 6.79 Å². The number of fused-ring (bicyclic) bond motifs is 1. The van der Waals surface area contributed by atoms with E-state index in [0.29, 0.717) is 5.76 Å². The van der Waals surface area contributed by atoms with E-state index in [0.717, 1.165) is 6.08 Å². The summed E-state index contributed by atoms with van der Waals surface area (Å²) in [4.78, 5) is 11.0. The highest BCUT2D eigenvalue weighted by molar-refractivity contribution is 5.89. The maximum absolute atomic E-state index is 12.9. The first-order chi connectivity index (χ1) is 9.36. The van der Waals surface area contributed by atoms with Crippen molar-refractivity contribution in [3.05, 3.63) is 34.8 Å². The van der Waals surface area contributed by atoms with Gasteiger partial charge in [-0.05, 0) is 12.2 Å². The molecule has 0 aromatic rings. The molecule has 5 nitrogen and oxygen atoms in total. The van der Waals surface area contributed by atoms with E-state index in [1.54, 1.807) is 0 Å². The van der Waals surface area contributed by atoms with Crippen LogP contribution in [-0.2, 0) is 19.0 Å². The molecule has 8 heteroatoms. The minimum absolute atomic E-state index is 0.0231. The predicted molar refractivity (Wildman–Crippen MR) is 57.2 cm³/mol. The van der Waals surface area contributed by atoms with Crippen LogP contribution in [0.4, 0.5) is 13.2 Å². The lowest BCUT2D eigenvalue weighted by Gasteiger charge is -2.30. The lowest BCUT2D eigenvalue weighted by Crippen LogP contribution is -2.39. The molecule has 1 N–H and O–H groups in total. The van der Waals surface area contributed by atoms with Gasteiger partial charge in [-0.3, -0.25) is 0 Å². The summed E-state index contributed by atoms with van der Waals surface area (Å²) in [7, 11) is 0. The van der Waals surface area contributed by atoms with Gasteiger partial charge < -0.3 is 19.3 Å². The molecule has 2 atom stereocenters. The molecule has 1 fully saturated rings. The molecule has 3 aliphatic rings. The largest absolute Gasteiger partial charge is 0.479 e. The van der Waals surface area contributed by atoms with Crippen LogP contribution in [0.3, 0.4) is 0 Å². The summed E-state index contributed by atoms with van der Waals surface area (Å²) >= 11 is 0. The van der Waals surface area contributed by atoms with Crippen LogP contribution in [0.2, 0.25) is 0 Å². The maximum Gasteiger partial charge on any atom is 0.429 e. The lowest BCUT2D eigenvalue weighted by molar-refractivity contribution is -0.202. The zero-order valence-corrected chi connectivity index (χ0v) is 9.94. The summed E-state index contributed by atoms with van der Waals surface area (Å²) in [6, 6.07) is 0.